The number of esters is 1. The Labute approximate surface area is 136 Å². The number of benzene rings is 1. The van der Waals surface area contributed by atoms with Crippen molar-refractivity contribution in [1.29, 1.82) is 0 Å². The van der Waals surface area contributed by atoms with Gasteiger partial charge in [-0.3, -0.25) is 9.59 Å². The zero-order chi connectivity index (χ0) is 15.9. The lowest BCUT2D eigenvalue weighted by atomic mass is 9.91. The maximum atomic E-state index is 11.6. The normalized spacial score (nSPS) is 18.4. The lowest BCUT2D eigenvalue weighted by molar-refractivity contribution is -0.140. The van der Waals surface area contributed by atoms with Gasteiger partial charge in [0.15, 0.2) is 11.5 Å². The molecule has 1 unspecified atom stereocenters. The molecule has 1 aromatic carbocycles. The molecule has 5 nitrogen and oxygen atoms in total. The van der Waals surface area contributed by atoms with Crippen LogP contribution in [0.5, 0.6) is 11.5 Å². The first kappa shape index (κ1) is 15.1. The first-order chi connectivity index (χ1) is 10.5. The molecule has 22 heavy (non-hydrogen) atoms. The van der Waals surface area contributed by atoms with Gasteiger partial charge in [0.2, 0.25) is 6.79 Å². The molecule has 2 aliphatic rings. The van der Waals surface area contributed by atoms with Gasteiger partial charge in [-0.05, 0) is 35.8 Å². The summed E-state index contributed by atoms with van der Waals surface area (Å²) in [5.74, 6) is 0.985. The Morgan fingerprint density at radius 3 is 2.59 bits per heavy atom. The second-order valence-corrected chi connectivity index (χ2v) is 6.16. The molecular weight excluding hydrogens is 352 g/mol. The van der Waals surface area contributed by atoms with Gasteiger partial charge < -0.3 is 14.2 Å². The third-order valence-corrected chi connectivity index (χ3v) is 4.72. The third kappa shape index (κ3) is 2.63. The largest absolute Gasteiger partial charge is 0.461 e. The SMILES string of the molecule is CC(=O)CC1C(COC(C)=O)=C(Br)c2cc3c(cc21)OCO3. The summed E-state index contributed by atoms with van der Waals surface area (Å²) < 4.78 is 16.8. The predicted molar refractivity (Wildman–Crippen MR) is 83.1 cm³/mol. The summed E-state index contributed by atoms with van der Waals surface area (Å²) in [5, 5.41) is 0. The van der Waals surface area contributed by atoms with Crippen molar-refractivity contribution >= 4 is 32.2 Å². The van der Waals surface area contributed by atoms with E-state index in [2.05, 4.69) is 15.9 Å². The van der Waals surface area contributed by atoms with Crippen molar-refractivity contribution < 1.29 is 23.8 Å². The van der Waals surface area contributed by atoms with Crippen molar-refractivity contribution in [2.75, 3.05) is 13.4 Å². The molecule has 1 heterocycles. The minimum atomic E-state index is -0.348. The van der Waals surface area contributed by atoms with Gasteiger partial charge in [0, 0.05) is 23.7 Å². The summed E-state index contributed by atoms with van der Waals surface area (Å²) in [4.78, 5) is 22.7. The second-order valence-electron chi connectivity index (χ2n) is 5.37. The van der Waals surface area contributed by atoms with Crippen molar-refractivity contribution in [3.05, 3.63) is 28.8 Å². The Morgan fingerprint density at radius 1 is 1.27 bits per heavy atom. The van der Waals surface area contributed by atoms with Crippen molar-refractivity contribution in [3.8, 4) is 11.5 Å². The highest BCUT2D eigenvalue weighted by molar-refractivity contribution is 9.15. The van der Waals surface area contributed by atoms with E-state index in [0.29, 0.717) is 17.9 Å². The number of carbonyl (C=O) groups excluding carboxylic acids is 2. The standard InChI is InChI=1S/C16H15BrO5/c1-8(18)3-10-11-4-14-15(22-7-21-14)5-12(11)16(17)13(10)6-20-9(2)19/h4-5,10H,3,6-7H2,1-2H3. The van der Waals surface area contributed by atoms with Crippen LogP contribution in [-0.2, 0) is 14.3 Å². The first-order valence-corrected chi connectivity index (χ1v) is 7.72. The van der Waals surface area contributed by atoms with Crippen LogP contribution in [0.25, 0.3) is 4.48 Å². The van der Waals surface area contributed by atoms with Gasteiger partial charge in [-0.1, -0.05) is 15.9 Å². The van der Waals surface area contributed by atoms with Crippen molar-refractivity contribution in [2.45, 2.75) is 26.2 Å². The Bertz CT molecular complexity index is 692. The van der Waals surface area contributed by atoms with E-state index in [0.717, 1.165) is 21.2 Å². The van der Waals surface area contributed by atoms with Gasteiger partial charge in [-0.2, -0.15) is 0 Å². The lowest BCUT2D eigenvalue weighted by Gasteiger charge is -2.15. The van der Waals surface area contributed by atoms with E-state index in [1.807, 2.05) is 12.1 Å². The monoisotopic (exact) mass is 366 g/mol. The van der Waals surface area contributed by atoms with Crippen molar-refractivity contribution in [1.82, 2.24) is 0 Å². The van der Waals surface area contributed by atoms with Crippen LogP contribution in [0.1, 0.15) is 37.3 Å². The minimum absolute atomic E-state index is 0.0798. The van der Waals surface area contributed by atoms with Gasteiger partial charge in [0.25, 0.3) is 0 Å². The van der Waals surface area contributed by atoms with E-state index in [-0.39, 0.29) is 31.1 Å². The molecule has 1 aromatic rings. The van der Waals surface area contributed by atoms with Gasteiger partial charge >= 0.3 is 5.97 Å². The summed E-state index contributed by atoms with van der Waals surface area (Å²) in [6.45, 7) is 3.29. The molecule has 0 radical (unpaired) electrons. The van der Waals surface area contributed by atoms with Crippen LogP contribution in [0.4, 0.5) is 0 Å². The molecule has 6 heteroatoms. The number of hydrogen-bond acceptors (Lipinski definition) is 5. The Hall–Kier alpha value is -1.82. The number of Topliss-reactive ketones (excluding diaryl/α,β-unsaturated/α-hetero) is 1. The maximum Gasteiger partial charge on any atom is 0.302 e. The van der Waals surface area contributed by atoms with Crippen LogP contribution >= 0.6 is 15.9 Å². The van der Waals surface area contributed by atoms with E-state index in [1.54, 1.807) is 6.92 Å². The summed E-state index contributed by atoms with van der Waals surface area (Å²) >= 11 is 3.57. The van der Waals surface area contributed by atoms with E-state index in [4.69, 9.17) is 14.2 Å². The Kier molecular flexibility index (Phi) is 3.95. The molecule has 0 spiro atoms. The number of ether oxygens (including phenoxy) is 3. The van der Waals surface area contributed by atoms with Crippen LogP contribution < -0.4 is 9.47 Å². The zero-order valence-corrected chi connectivity index (χ0v) is 13.9. The third-order valence-electron chi connectivity index (χ3n) is 3.78. The molecule has 0 aromatic heterocycles. The molecule has 0 amide bonds. The highest BCUT2D eigenvalue weighted by atomic mass is 79.9. The Morgan fingerprint density at radius 2 is 1.95 bits per heavy atom. The highest BCUT2D eigenvalue weighted by Crippen LogP contribution is 2.50. The fourth-order valence-corrected chi connectivity index (χ4v) is 3.55. The van der Waals surface area contributed by atoms with Crippen LogP contribution in [0, 0.1) is 0 Å². The minimum Gasteiger partial charge on any atom is -0.461 e. The Balaban J connectivity index is 2.02. The molecule has 1 aliphatic heterocycles. The maximum absolute atomic E-state index is 11.6. The van der Waals surface area contributed by atoms with Crippen LogP contribution in [0.3, 0.4) is 0 Å². The topological polar surface area (TPSA) is 61.8 Å². The highest BCUT2D eigenvalue weighted by Gasteiger charge is 2.34. The zero-order valence-electron chi connectivity index (χ0n) is 12.3. The molecule has 1 atom stereocenters. The van der Waals surface area contributed by atoms with Gasteiger partial charge in [-0.15, -0.1) is 0 Å². The summed E-state index contributed by atoms with van der Waals surface area (Å²) in [6, 6.07) is 3.81. The fourth-order valence-electron chi connectivity index (χ4n) is 2.81. The fraction of sp³-hybridized carbons (Fsp3) is 0.375. The molecule has 0 bridgehead atoms. The predicted octanol–water partition coefficient (Wildman–Crippen LogP) is 3.16. The molecule has 0 N–H and O–H groups in total. The van der Waals surface area contributed by atoms with Crippen molar-refractivity contribution in [2.24, 2.45) is 0 Å². The van der Waals surface area contributed by atoms with Crippen LogP contribution in [0.15, 0.2) is 17.7 Å². The van der Waals surface area contributed by atoms with E-state index in [9.17, 15) is 9.59 Å². The van der Waals surface area contributed by atoms with Crippen LogP contribution in [-0.4, -0.2) is 25.2 Å². The average molecular weight is 367 g/mol. The summed E-state index contributed by atoms with van der Waals surface area (Å²) in [5.41, 5.74) is 2.84. The average Bonchev–Trinajstić information content (AvgIpc) is 2.99. The second kappa shape index (κ2) is 5.76. The number of carbonyl (C=O) groups is 2. The molecular formula is C16H15BrO5. The van der Waals surface area contributed by atoms with Gasteiger partial charge in [0.05, 0.1) is 0 Å². The van der Waals surface area contributed by atoms with E-state index in [1.165, 1.54) is 6.92 Å². The molecule has 1 aliphatic carbocycles. The lowest BCUT2D eigenvalue weighted by Crippen LogP contribution is -2.11. The van der Waals surface area contributed by atoms with Gasteiger partial charge in [0.1, 0.15) is 12.4 Å². The number of fused-ring (bicyclic) bond motifs is 2. The van der Waals surface area contributed by atoms with Crippen molar-refractivity contribution in [3.63, 3.8) is 0 Å². The number of hydrogen-bond donors (Lipinski definition) is 0. The molecule has 0 fully saturated rings. The molecule has 0 saturated heterocycles. The van der Waals surface area contributed by atoms with Gasteiger partial charge in [-0.25, -0.2) is 0 Å². The quantitative estimate of drug-likeness (QED) is 0.765. The summed E-state index contributed by atoms with van der Waals surface area (Å²) in [7, 11) is 0. The number of ketones is 1. The van der Waals surface area contributed by atoms with Crippen LogP contribution in [0.2, 0.25) is 0 Å². The van der Waals surface area contributed by atoms with E-state index < -0.39 is 0 Å². The molecule has 3 rings (SSSR count). The molecule has 116 valence electrons. The smallest absolute Gasteiger partial charge is 0.302 e. The molecule has 0 saturated carbocycles. The number of halogens is 1. The van der Waals surface area contributed by atoms with E-state index >= 15 is 0 Å². The number of rotatable bonds is 4. The summed E-state index contributed by atoms with van der Waals surface area (Å²) in [6.07, 6.45) is 0.359. The first-order valence-electron chi connectivity index (χ1n) is 6.92.